The lowest BCUT2D eigenvalue weighted by atomic mass is 10.4. The number of nitrogens with zero attached hydrogens (tertiary/aromatic N) is 1. The Morgan fingerprint density at radius 2 is 2.40 bits per heavy atom. The minimum absolute atomic E-state index is 0.174. The predicted molar refractivity (Wildman–Crippen MR) is 58.5 cm³/mol. The molecule has 0 aliphatic rings. The van der Waals surface area contributed by atoms with E-state index < -0.39 is 0 Å². The molecule has 0 aromatic carbocycles. The first-order valence-corrected chi connectivity index (χ1v) is 5.40. The summed E-state index contributed by atoms with van der Waals surface area (Å²) in [5.74, 6) is -0.177. The van der Waals surface area contributed by atoms with Crippen molar-refractivity contribution in [2.75, 3.05) is 5.32 Å². The van der Waals surface area contributed by atoms with E-state index in [-0.39, 0.29) is 16.9 Å². The molecule has 2 heterocycles. The molecule has 0 aliphatic heterocycles. The second-order valence-electron chi connectivity index (χ2n) is 2.85. The van der Waals surface area contributed by atoms with Crippen LogP contribution in [0.3, 0.4) is 0 Å². The molecule has 0 radical (unpaired) electrons. The van der Waals surface area contributed by atoms with Gasteiger partial charge in [0.2, 0.25) is 0 Å². The quantitative estimate of drug-likeness (QED) is 0.881. The molecule has 0 aliphatic carbocycles. The van der Waals surface area contributed by atoms with Crippen LogP contribution in [0.2, 0.25) is 5.22 Å². The number of furan rings is 1. The van der Waals surface area contributed by atoms with Crippen molar-refractivity contribution >= 4 is 34.0 Å². The molecule has 0 spiro atoms. The Bertz CT molecular complexity index is 492. The van der Waals surface area contributed by atoms with Crippen molar-refractivity contribution in [1.29, 1.82) is 0 Å². The Labute approximate surface area is 94.9 Å². The Morgan fingerprint density at radius 3 is 2.93 bits per heavy atom. The number of carbonyl (C=O) groups excluding carboxylic acids is 1. The lowest BCUT2D eigenvalue weighted by Gasteiger charge is -1.96. The first kappa shape index (κ1) is 10.2. The van der Waals surface area contributed by atoms with E-state index in [4.69, 9.17) is 16.0 Å². The number of hydrogen-bond acceptors (Lipinski definition) is 4. The van der Waals surface area contributed by atoms with Gasteiger partial charge in [-0.05, 0) is 30.7 Å². The van der Waals surface area contributed by atoms with Crippen LogP contribution in [0.15, 0.2) is 21.9 Å². The van der Waals surface area contributed by atoms with Crippen LogP contribution in [0.25, 0.3) is 0 Å². The Morgan fingerprint density at radius 1 is 1.60 bits per heavy atom. The standard InChI is InChI=1S/C9H7ClN2O2S/c1-5-4-15-9(11-5)12-8(13)6-2-3-7(10)14-6/h2-4H,1H3,(H,11,12,13). The van der Waals surface area contributed by atoms with Gasteiger partial charge < -0.3 is 4.42 Å². The molecule has 15 heavy (non-hydrogen) atoms. The first-order chi connectivity index (χ1) is 7.15. The van der Waals surface area contributed by atoms with Crippen molar-refractivity contribution in [3.05, 3.63) is 34.2 Å². The van der Waals surface area contributed by atoms with Crippen molar-refractivity contribution in [2.24, 2.45) is 0 Å². The van der Waals surface area contributed by atoms with Gasteiger partial charge in [-0.3, -0.25) is 10.1 Å². The topological polar surface area (TPSA) is 55.1 Å². The average molecular weight is 243 g/mol. The highest BCUT2D eigenvalue weighted by molar-refractivity contribution is 7.13. The summed E-state index contributed by atoms with van der Waals surface area (Å²) in [5.41, 5.74) is 0.868. The lowest BCUT2D eigenvalue weighted by molar-refractivity contribution is 0.0997. The fraction of sp³-hybridized carbons (Fsp3) is 0.111. The van der Waals surface area contributed by atoms with Crippen LogP contribution in [0.5, 0.6) is 0 Å². The zero-order valence-corrected chi connectivity index (χ0v) is 9.35. The molecule has 2 rings (SSSR count). The van der Waals surface area contributed by atoms with E-state index >= 15 is 0 Å². The van der Waals surface area contributed by atoms with Crippen LogP contribution in [0.1, 0.15) is 16.2 Å². The average Bonchev–Trinajstić information content (AvgIpc) is 2.75. The number of rotatable bonds is 2. The summed E-state index contributed by atoms with van der Waals surface area (Å²) < 4.78 is 4.95. The summed E-state index contributed by atoms with van der Waals surface area (Å²) >= 11 is 6.91. The Kier molecular flexibility index (Phi) is 2.75. The molecule has 2 aromatic heterocycles. The molecule has 1 N–H and O–H groups in total. The van der Waals surface area contributed by atoms with E-state index in [9.17, 15) is 4.79 Å². The first-order valence-electron chi connectivity index (χ1n) is 4.14. The second-order valence-corrected chi connectivity index (χ2v) is 4.08. The van der Waals surface area contributed by atoms with E-state index in [0.29, 0.717) is 5.13 Å². The van der Waals surface area contributed by atoms with Crippen LogP contribution in [0, 0.1) is 6.92 Å². The van der Waals surface area contributed by atoms with E-state index in [1.54, 1.807) is 0 Å². The minimum atomic E-state index is -0.351. The van der Waals surface area contributed by atoms with Crippen LogP contribution >= 0.6 is 22.9 Å². The number of anilines is 1. The van der Waals surface area contributed by atoms with Crippen molar-refractivity contribution < 1.29 is 9.21 Å². The maximum atomic E-state index is 11.5. The van der Waals surface area contributed by atoms with Gasteiger partial charge >= 0.3 is 0 Å². The summed E-state index contributed by atoms with van der Waals surface area (Å²) in [6, 6.07) is 3.03. The molecular formula is C9H7ClN2O2S. The molecule has 0 atom stereocenters. The molecule has 0 saturated carbocycles. The molecule has 1 amide bonds. The Balaban J connectivity index is 2.10. The van der Waals surface area contributed by atoms with Crippen molar-refractivity contribution in [1.82, 2.24) is 4.98 Å². The molecule has 0 saturated heterocycles. The summed E-state index contributed by atoms with van der Waals surface area (Å²) in [7, 11) is 0. The fourth-order valence-corrected chi connectivity index (χ4v) is 1.84. The molecule has 78 valence electrons. The van der Waals surface area contributed by atoms with Crippen molar-refractivity contribution in [3.8, 4) is 0 Å². The lowest BCUT2D eigenvalue weighted by Crippen LogP contribution is -2.10. The third kappa shape index (κ3) is 2.37. The largest absolute Gasteiger partial charge is 0.440 e. The Hall–Kier alpha value is -1.33. The van der Waals surface area contributed by atoms with Gasteiger partial charge in [-0.1, -0.05) is 0 Å². The predicted octanol–water partition coefficient (Wildman–Crippen LogP) is 2.95. The molecule has 4 nitrogen and oxygen atoms in total. The van der Waals surface area contributed by atoms with Crippen molar-refractivity contribution in [2.45, 2.75) is 6.92 Å². The zero-order valence-electron chi connectivity index (χ0n) is 7.78. The maximum Gasteiger partial charge on any atom is 0.293 e. The minimum Gasteiger partial charge on any atom is -0.440 e. The van der Waals surface area contributed by atoms with Crippen LogP contribution in [-0.4, -0.2) is 10.9 Å². The van der Waals surface area contributed by atoms with Crippen LogP contribution in [-0.2, 0) is 0 Å². The molecule has 0 unspecified atom stereocenters. The number of aromatic nitrogens is 1. The number of nitrogens with one attached hydrogen (secondary N) is 1. The molecule has 6 heteroatoms. The maximum absolute atomic E-state index is 11.5. The number of amides is 1. The second kappa shape index (κ2) is 4.04. The van der Waals surface area contributed by atoms with Gasteiger partial charge in [0, 0.05) is 5.38 Å². The SMILES string of the molecule is Cc1csc(NC(=O)c2ccc(Cl)o2)n1. The highest BCUT2D eigenvalue weighted by Crippen LogP contribution is 2.17. The van der Waals surface area contributed by atoms with Gasteiger partial charge in [-0.15, -0.1) is 11.3 Å². The summed E-state index contributed by atoms with van der Waals surface area (Å²) in [5, 5.41) is 5.20. The van der Waals surface area contributed by atoms with Crippen LogP contribution in [0.4, 0.5) is 5.13 Å². The highest BCUT2D eigenvalue weighted by Gasteiger charge is 2.11. The summed E-state index contributed by atoms with van der Waals surface area (Å²) in [6.45, 7) is 1.86. The van der Waals surface area contributed by atoms with Crippen LogP contribution < -0.4 is 5.32 Å². The van der Waals surface area contributed by atoms with Gasteiger partial charge in [0.05, 0.1) is 5.69 Å². The summed E-state index contributed by atoms with van der Waals surface area (Å²) in [4.78, 5) is 15.6. The van der Waals surface area contributed by atoms with E-state index in [1.807, 2.05) is 12.3 Å². The van der Waals surface area contributed by atoms with Gasteiger partial charge in [-0.25, -0.2) is 4.98 Å². The van der Waals surface area contributed by atoms with E-state index in [1.165, 1.54) is 23.5 Å². The zero-order chi connectivity index (χ0) is 10.8. The monoisotopic (exact) mass is 242 g/mol. The number of aryl methyl sites for hydroxylation is 1. The summed E-state index contributed by atoms with van der Waals surface area (Å²) in [6.07, 6.45) is 0. The number of carbonyl (C=O) groups is 1. The third-order valence-corrected chi connectivity index (χ3v) is 2.72. The number of halogens is 1. The fourth-order valence-electron chi connectivity index (χ4n) is 1.01. The molecule has 0 fully saturated rings. The van der Waals surface area contributed by atoms with E-state index in [0.717, 1.165) is 5.69 Å². The number of thiazole rings is 1. The van der Waals surface area contributed by atoms with E-state index in [2.05, 4.69) is 10.3 Å². The molecule has 2 aromatic rings. The normalized spacial score (nSPS) is 10.3. The third-order valence-electron chi connectivity index (χ3n) is 1.64. The van der Waals surface area contributed by atoms with Gasteiger partial charge in [0.25, 0.3) is 5.91 Å². The van der Waals surface area contributed by atoms with Gasteiger partial charge in [-0.2, -0.15) is 0 Å². The van der Waals surface area contributed by atoms with Gasteiger partial charge in [0.15, 0.2) is 16.1 Å². The van der Waals surface area contributed by atoms with Gasteiger partial charge in [0.1, 0.15) is 0 Å². The molecule has 0 bridgehead atoms. The van der Waals surface area contributed by atoms with Crippen molar-refractivity contribution in [3.63, 3.8) is 0 Å². The highest BCUT2D eigenvalue weighted by atomic mass is 35.5. The molecular weight excluding hydrogens is 236 g/mol. The number of hydrogen-bond donors (Lipinski definition) is 1. The smallest absolute Gasteiger partial charge is 0.293 e.